The molecule has 0 saturated heterocycles. The highest BCUT2D eigenvalue weighted by Crippen LogP contribution is 2.30. The Morgan fingerprint density at radius 3 is 2.79 bits per heavy atom. The van der Waals surface area contributed by atoms with Gasteiger partial charge in [-0.2, -0.15) is 0 Å². The fourth-order valence-corrected chi connectivity index (χ4v) is 4.17. The van der Waals surface area contributed by atoms with Gasteiger partial charge in [0.1, 0.15) is 0 Å². The number of nitrogens with one attached hydrogen (secondary N) is 1. The van der Waals surface area contributed by atoms with Crippen LogP contribution in [0.15, 0.2) is 30.3 Å². The van der Waals surface area contributed by atoms with E-state index in [-0.39, 0.29) is 0 Å². The van der Waals surface area contributed by atoms with E-state index < -0.39 is 0 Å². The van der Waals surface area contributed by atoms with Gasteiger partial charge in [-0.3, -0.25) is 0 Å². The van der Waals surface area contributed by atoms with Crippen LogP contribution in [0.2, 0.25) is 0 Å². The van der Waals surface area contributed by atoms with Crippen molar-refractivity contribution in [2.75, 3.05) is 0 Å². The van der Waals surface area contributed by atoms with E-state index in [2.05, 4.69) is 65.2 Å². The van der Waals surface area contributed by atoms with Crippen LogP contribution in [0.5, 0.6) is 0 Å². The molecule has 1 aliphatic rings. The van der Waals surface area contributed by atoms with Crippen molar-refractivity contribution >= 4 is 33.9 Å². The average molecular weight is 383 g/mol. The summed E-state index contributed by atoms with van der Waals surface area (Å²) in [5.74, 6) is 0. The van der Waals surface area contributed by atoms with Crippen LogP contribution >= 0.6 is 33.9 Å². The molecule has 1 unspecified atom stereocenters. The predicted octanol–water partition coefficient (Wildman–Crippen LogP) is 4.69. The molecule has 0 amide bonds. The quantitative estimate of drug-likeness (QED) is 0.756. The zero-order chi connectivity index (χ0) is 13.2. The molecule has 0 aliphatic heterocycles. The number of fused-ring (bicyclic) bond motifs is 1. The molecule has 1 heterocycles. The molecule has 0 radical (unpaired) electrons. The summed E-state index contributed by atoms with van der Waals surface area (Å²) < 4.78 is 1.29. The Kier molecular flexibility index (Phi) is 4.24. The number of benzene rings is 1. The molecule has 1 atom stereocenters. The fourth-order valence-electron chi connectivity index (χ4n) is 2.60. The number of thiophene rings is 1. The van der Waals surface area contributed by atoms with Crippen molar-refractivity contribution < 1.29 is 0 Å². The highest BCUT2D eigenvalue weighted by Gasteiger charge is 2.15. The van der Waals surface area contributed by atoms with Gasteiger partial charge in [0.25, 0.3) is 0 Å². The zero-order valence-corrected chi connectivity index (χ0v) is 14.1. The molecule has 1 aromatic heterocycles. The molecular formula is C16H18INS. The van der Waals surface area contributed by atoms with Crippen molar-refractivity contribution in [2.45, 2.75) is 38.8 Å². The molecule has 0 spiro atoms. The zero-order valence-electron chi connectivity index (χ0n) is 11.1. The number of hydrogen-bond donors (Lipinski definition) is 1. The van der Waals surface area contributed by atoms with Crippen LogP contribution in [0.3, 0.4) is 0 Å². The molecule has 0 bridgehead atoms. The van der Waals surface area contributed by atoms with E-state index in [4.69, 9.17) is 0 Å². The Labute approximate surface area is 132 Å². The summed E-state index contributed by atoms with van der Waals surface area (Å²) in [7, 11) is 0. The predicted molar refractivity (Wildman–Crippen MR) is 90.8 cm³/mol. The lowest BCUT2D eigenvalue weighted by atomic mass is 10.1. The first-order valence-electron chi connectivity index (χ1n) is 6.81. The third-order valence-electron chi connectivity index (χ3n) is 3.75. The van der Waals surface area contributed by atoms with Gasteiger partial charge >= 0.3 is 0 Å². The van der Waals surface area contributed by atoms with Crippen molar-refractivity contribution in [2.24, 2.45) is 0 Å². The Morgan fingerprint density at radius 1 is 1.26 bits per heavy atom. The number of hydrogen-bond acceptors (Lipinski definition) is 2. The van der Waals surface area contributed by atoms with Crippen molar-refractivity contribution in [3.8, 4) is 0 Å². The Morgan fingerprint density at radius 2 is 2.05 bits per heavy atom. The average Bonchev–Trinajstić information content (AvgIpc) is 2.97. The van der Waals surface area contributed by atoms with Gasteiger partial charge in [-0.15, -0.1) is 11.3 Å². The van der Waals surface area contributed by atoms with E-state index in [0.717, 1.165) is 6.54 Å². The minimum Gasteiger partial charge on any atom is -0.305 e. The van der Waals surface area contributed by atoms with Crippen LogP contribution in [0, 0.1) is 3.57 Å². The smallest absolute Gasteiger partial charge is 0.0305 e. The summed E-state index contributed by atoms with van der Waals surface area (Å²) in [6, 6.07) is 11.6. The number of rotatable bonds is 4. The molecule has 3 rings (SSSR count). The van der Waals surface area contributed by atoms with E-state index in [1.807, 2.05) is 11.3 Å². The molecule has 100 valence electrons. The van der Waals surface area contributed by atoms with Crippen LogP contribution in [-0.2, 0) is 19.4 Å². The second-order valence-electron chi connectivity index (χ2n) is 5.17. The van der Waals surface area contributed by atoms with Gasteiger partial charge in [0.2, 0.25) is 0 Å². The molecular weight excluding hydrogens is 365 g/mol. The van der Waals surface area contributed by atoms with Crippen LogP contribution in [-0.4, -0.2) is 0 Å². The SMILES string of the molecule is CC(NCc1cc2c(s1)CCC2)c1ccc(I)cc1. The molecule has 1 aliphatic carbocycles. The summed E-state index contributed by atoms with van der Waals surface area (Å²) in [6.07, 6.45) is 3.94. The van der Waals surface area contributed by atoms with Crippen molar-refractivity contribution in [1.29, 1.82) is 0 Å². The van der Waals surface area contributed by atoms with Gasteiger partial charge < -0.3 is 5.32 Å². The first-order valence-corrected chi connectivity index (χ1v) is 8.71. The largest absolute Gasteiger partial charge is 0.305 e. The molecule has 1 aromatic carbocycles. The lowest BCUT2D eigenvalue weighted by Crippen LogP contribution is -2.17. The lowest BCUT2D eigenvalue weighted by molar-refractivity contribution is 0.578. The third kappa shape index (κ3) is 3.20. The third-order valence-corrected chi connectivity index (χ3v) is 5.71. The first kappa shape index (κ1) is 13.6. The second kappa shape index (κ2) is 5.94. The molecule has 0 saturated carbocycles. The molecule has 2 aromatic rings. The van der Waals surface area contributed by atoms with E-state index in [1.54, 1.807) is 10.4 Å². The molecule has 3 heteroatoms. The monoisotopic (exact) mass is 383 g/mol. The topological polar surface area (TPSA) is 12.0 Å². The van der Waals surface area contributed by atoms with Crippen LogP contribution < -0.4 is 5.32 Å². The number of halogens is 1. The molecule has 19 heavy (non-hydrogen) atoms. The van der Waals surface area contributed by atoms with Crippen LogP contribution in [0.1, 0.15) is 40.3 Å². The minimum atomic E-state index is 0.411. The Balaban J connectivity index is 1.60. The van der Waals surface area contributed by atoms with E-state index in [0.29, 0.717) is 6.04 Å². The van der Waals surface area contributed by atoms with Crippen molar-refractivity contribution in [3.05, 3.63) is 54.8 Å². The summed E-state index contributed by atoms with van der Waals surface area (Å²) >= 11 is 4.35. The Bertz CT molecular complexity index is 537. The first-order chi connectivity index (χ1) is 9.22. The number of aryl methyl sites for hydroxylation is 2. The highest BCUT2D eigenvalue weighted by molar-refractivity contribution is 14.1. The summed E-state index contributed by atoms with van der Waals surface area (Å²) in [6.45, 7) is 3.23. The van der Waals surface area contributed by atoms with Gasteiger partial charge in [-0.05, 0) is 78.1 Å². The normalized spacial score (nSPS) is 15.5. The van der Waals surface area contributed by atoms with Gasteiger partial charge in [-0.1, -0.05) is 12.1 Å². The maximum atomic E-state index is 3.63. The molecule has 1 nitrogen and oxygen atoms in total. The molecule has 1 N–H and O–H groups in total. The summed E-state index contributed by atoms with van der Waals surface area (Å²) in [5.41, 5.74) is 2.97. The summed E-state index contributed by atoms with van der Waals surface area (Å²) in [4.78, 5) is 3.11. The second-order valence-corrected chi connectivity index (χ2v) is 7.64. The van der Waals surface area contributed by atoms with Gasteiger partial charge in [-0.25, -0.2) is 0 Å². The van der Waals surface area contributed by atoms with E-state index >= 15 is 0 Å². The van der Waals surface area contributed by atoms with Crippen molar-refractivity contribution in [3.63, 3.8) is 0 Å². The Hall–Kier alpha value is -0.390. The highest BCUT2D eigenvalue weighted by atomic mass is 127. The van der Waals surface area contributed by atoms with Crippen molar-refractivity contribution in [1.82, 2.24) is 5.32 Å². The maximum Gasteiger partial charge on any atom is 0.0305 e. The fraction of sp³-hybridized carbons (Fsp3) is 0.375. The van der Waals surface area contributed by atoms with Crippen LogP contribution in [0.4, 0.5) is 0 Å². The minimum absolute atomic E-state index is 0.411. The summed E-state index contributed by atoms with van der Waals surface area (Å²) in [5, 5.41) is 3.63. The lowest BCUT2D eigenvalue weighted by Gasteiger charge is -2.13. The van der Waals surface area contributed by atoms with E-state index in [9.17, 15) is 0 Å². The van der Waals surface area contributed by atoms with E-state index in [1.165, 1.54) is 33.3 Å². The van der Waals surface area contributed by atoms with Crippen LogP contribution in [0.25, 0.3) is 0 Å². The van der Waals surface area contributed by atoms with Gasteiger partial charge in [0.05, 0.1) is 0 Å². The standard InChI is InChI=1S/C16H18INS/c1-11(12-5-7-14(17)8-6-12)18-10-15-9-13-3-2-4-16(13)19-15/h5-9,11,18H,2-4,10H2,1H3. The van der Waals surface area contributed by atoms with Gasteiger partial charge in [0, 0.05) is 25.9 Å². The maximum absolute atomic E-state index is 3.63. The van der Waals surface area contributed by atoms with Gasteiger partial charge in [0.15, 0.2) is 0 Å². The molecule has 0 fully saturated rings.